The summed E-state index contributed by atoms with van der Waals surface area (Å²) < 4.78 is 10.8. The van der Waals surface area contributed by atoms with E-state index in [9.17, 15) is 0 Å². The molecule has 1 aromatic carbocycles. The van der Waals surface area contributed by atoms with Crippen LogP contribution in [-0.4, -0.2) is 77.4 Å². The van der Waals surface area contributed by atoms with Crippen LogP contribution in [0.3, 0.4) is 0 Å². The molecule has 0 radical (unpaired) electrons. The van der Waals surface area contributed by atoms with Crippen LogP contribution < -0.4 is 25.0 Å². The number of nitrogens with zero attached hydrogens (tertiary/aromatic N) is 3. The molecule has 0 bridgehead atoms. The topological polar surface area (TPSA) is 61.4 Å². The standard InChI is InChI=1S/C22H37N5O2.HI/c1-6-23-22(24-14-21(26(2)3)16-7-8-16)25-17-9-10-27(15-17)18-11-19(28-4)13-20(12-18)29-5;/h11-13,16-17,21H,6-10,14-15H2,1-5H3,(H2,23,24,25);1H. The molecule has 1 aliphatic carbocycles. The van der Waals surface area contributed by atoms with Gasteiger partial charge in [-0.25, -0.2) is 0 Å². The number of halogens is 1. The van der Waals surface area contributed by atoms with Crippen molar-refractivity contribution in [2.45, 2.75) is 38.3 Å². The predicted molar refractivity (Wildman–Crippen MR) is 135 cm³/mol. The van der Waals surface area contributed by atoms with Crippen LogP contribution in [0.5, 0.6) is 11.5 Å². The van der Waals surface area contributed by atoms with Gasteiger partial charge in [0.2, 0.25) is 0 Å². The molecule has 2 aliphatic rings. The Morgan fingerprint density at radius 2 is 1.83 bits per heavy atom. The van der Waals surface area contributed by atoms with E-state index in [4.69, 9.17) is 14.5 Å². The highest BCUT2D eigenvalue weighted by atomic mass is 127. The molecule has 8 heteroatoms. The Balaban J connectivity index is 0.00000320. The molecule has 1 aromatic rings. The number of nitrogens with one attached hydrogen (secondary N) is 2. The van der Waals surface area contributed by atoms with Gasteiger partial charge in [0.05, 0.1) is 20.8 Å². The summed E-state index contributed by atoms with van der Waals surface area (Å²) in [6.07, 6.45) is 3.75. The SMILES string of the molecule is CCNC(=NCC(C1CC1)N(C)C)NC1CCN(c2cc(OC)cc(OC)c2)C1.I. The summed E-state index contributed by atoms with van der Waals surface area (Å²) in [5.41, 5.74) is 1.13. The lowest BCUT2D eigenvalue weighted by molar-refractivity contribution is 0.271. The molecule has 1 heterocycles. The van der Waals surface area contributed by atoms with Crippen LogP contribution in [0.15, 0.2) is 23.2 Å². The molecular weight excluding hydrogens is 493 g/mol. The first-order chi connectivity index (χ1) is 14.0. The zero-order valence-corrected chi connectivity index (χ0v) is 21.3. The molecule has 3 rings (SSSR count). The molecule has 170 valence electrons. The van der Waals surface area contributed by atoms with Crippen molar-refractivity contribution < 1.29 is 9.47 Å². The Morgan fingerprint density at radius 1 is 1.17 bits per heavy atom. The summed E-state index contributed by atoms with van der Waals surface area (Å²) in [4.78, 5) is 9.60. The number of hydrogen-bond donors (Lipinski definition) is 2. The average Bonchev–Trinajstić information content (AvgIpc) is 3.44. The van der Waals surface area contributed by atoms with E-state index >= 15 is 0 Å². The van der Waals surface area contributed by atoms with Gasteiger partial charge in [-0.2, -0.15) is 0 Å². The minimum absolute atomic E-state index is 0. The van der Waals surface area contributed by atoms with Crippen LogP contribution in [0.2, 0.25) is 0 Å². The molecular formula is C22H38IN5O2. The Bertz CT molecular complexity index is 672. The first-order valence-electron chi connectivity index (χ1n) is 10.7. The van der Waals surface area contributed by atoms with E-state index in [0.717, 1.165) is 61.7 Å². The zero-order valence-electron chi connectivity index (χ0n) is 19.0. The van der Waals surface area contributed by atoms with Crippen molar-refractivity contribution in [3.05, 3.63) is 18.2 Å². The van der Waals surface area contributed by atoms with E-state index in [1.54, 1.807) is 14.2 Å². The summed E-state index contributed by atoms with van der Waals surface area (Å²) in [5, 5.41) is 7.06. The third kappa shape index (κ3) is 6.80. The first kappa shape index (κ1) is 24.8. The molecule has 2 fully saturated rings. The number of anilines is 1. The van der Waals surface area contributed by atoms with E-state index in [-0.39, 0.29) is 24.0 Å². The van der Waals surface area contributed by atoms with Crippen LogP contribution in [0.4, 0.5) is 5.69 Å². The smallest absolute Gasteiger partial charge is 0.191 e. The van der Waals surface area contributed by atoms with E-state index < -0.39 is 0 Å². The van der Waals surface area contributed by atoms with E-state index in [0.29, 0.717) is 12.1 Å². The van der Waals surface area contributed by atoms with Gasteiger partial charge in [-0.05, 0) is 46.2 Å². The Kier molecular flexibility index (Phi) is 9.80. The number of aliphatic imine (C=N–C) groups is 1. The number of likely N-dealkylation sites (N-methyl/N-ethyl adjacent to an activating group) is 1. The Labute approximate surface area is 198 Å². The zero-order chi connectivity index (χ0) is 20.8. The minimum atomic E-state index is 0. The van der Waals surface area contributed by atoms with E-state index in [2.05, 4.69) is 53.6 Å². The van der Waals surface area contributed by atoms with Crippen molar-refractivity contribution in [1.29, 1.82) is 0 Å². The van der Waals surface area contributed by atoms with Gasteiger partial charge in [0.15, 0.2) is 5.96 Å². The van der Waals surface area contributed by atoms with E-state index in [1.165, 1.54) is 12.8 Å². The molecule has 2 N–H and O–H groups in total. The van der Waals surface area contributed by atoms with Gasteiger partial charge in [-0.1, -0.05) is 0 Å². The Hall–Kier alpha value is -1.42. The lowest BCUT2D eigenvalue weighted by Gasteiger charge is -2.24. The third-order valence-corrected chi connectivity index (χ3v) is 5.84. The maximum absolute atomic E-state index is 5.42. The van der Waals surface area contributed by atoms with Gasteiger partial charge in [-0.15, -0.1) is 24.0 Å². The fourth-order valence-corrected chi connectivity index (χ4v) is 4.00. The van der Waals surface area contributed by atoms with Crippen molar-refractivity contribution >= 4 is 35.6 Å². The van der Waals surface area contributed by atoms with Gasteiger partial charge in [0.25, 0.3) is 0 Å². The van der Waals surface area contributed by atoms with Crippen molar-refractivity contribution in [2.24, 2.45) is 10.9 Å². The van der Waals surface area contributed by atoms with Crippen molar-refractivity contribution in [3.8, 4) is 11.5 Å². The van der Waals surface area contributed by atoms with Gasteiger partial charge in [-0.3, -0.25) is 4.99 Å². The average molecular weight is 531 g/mol. The largest absolute Gasteiger partial charge is 0.497 e. The third-order valence-electron chi connectivity index (χ3n) is 5.84. The second kappa shape index (κ2) is 11.8. The van der Waals surface area contributed by atoms with Gasteiger partial charge in [0.1, 0.15) is 11.5 Å². The van der Waals surface area contributed by atoms with Crippen LogP contribution in [0, 0.1) is 5.92 Å². The molecule has 2 unspecified atom stereocenters. The predicted octanol–water partition coefficient (Wildman–Crippen LogP) is 2.80. The molecule has 0 amide bonds. The van der Waals surface area contributed by atoms with Crippen LogP contribution in [-0.2, 0) is 0 Å². The van der Waals surface area contributed by atoms with Crippen molar-refractivity contribution in [1.82, 2.24) is 15.5 Å². The number of guanidine groups is 1. The molecule has 7 nitrogen and oxygen atoms in total. The number of benzene rings is 1. The highest BCUT2D eigenvalue weighted by Gasteiger charge is 2.32. The Morgan fingerprint density at radius 3 is 2.37 bits per heavy atom. The van der Waals surface area contributed by atoms with Gasteiger partial charge in [0, 0.05) is 55.6 Å². The van der Waals surface area contributed by atoms with Gasteiger partial charge < -0.3 is 29.9 Å². The lowest BCUT2D eigenvalue weighted by atomic mass is 10.2. The normalized spacial score (nSPS) is 20.0. The van der Waals surface area contributed by atoms with Crippen molar-refractivity contribution in [2.75, 3.05) is 59.4 Å². The molecule has 1 saturated heterocycles. The molecule has 30 heavy (non-hydrogen) atoms. The maximum atomic E-state index is 5.42. The summed E-state index contributed by atoms with van der Waals surface area (Å²) in [7, 11) is 7.70. The summed E-state index contributed by atoms with van der Waals surface area (Å²) in [6, 6.07) is 6.95. The highest BCUT2D eigenvalue weighted by molar-refractivity contribution is 14.0. The fourth-order valence-electron chi connectivity index (χ4n) is 4.00. The monoisotopic (exact) mass is 531 g/mol. The molecule has 1 saturated carbocycles. The van der Waals surface area contributed by atoms with E-state index in [1.807, 2.05) is 6.07 Å². The van der Waals surface area contributed by atoms with Crippen LogP contribution in [0.25, 0.3) is 0 Å². The summed E-state index contributed by atoms with van der Waals surface area (Å²) in [5.74, 6) is 3.37. The number of ether oxygens (including phenoxy) is 2. The minimum Gasteiger partial charge on any atom is -0.497 e. The second-order valence-corrected chi connectivity index (χ2v) is 8.23. The molecule has 1 aliphatic heterocycles. The first-order valence-corrected chi connectivity index (χ1v) is 10.7. The van der Waals surface area contributed by atoms with Crippen molar-refractivity contribution in [3.63, 3.8) is 0 Å². The number of methoxy groups -OCH3 is 2. The van der Waals surface area contributed by atoms with Gasteiger partial charge >= 0.3 is 0 Å². The van der Waals surface area contributed by atoms with Crippen LogP contribution in [0.1, 0.15) is 26.2 Å². The number of rotatable bonds is 9. The maximum Gasteiger partial charge on any atom is 0.191 e. The molecule has 0 aromatic heterocycles. The second-order valence-electron chi connectivity index (χ2n) is 8.23. The summed E-state index contributed by atoms with van der Waals surface area (Å²) >= 11 is 0. The molecule has 0 spiro atoms. The fraction of sp³-hybridized carbons (Fsp3) is 0.682. The number of hydrogen-bond acceptors (Lipinski definition) is 5. The van der Waals surface area contributed by atoms with Crippen LogP contribution >= 0.6 is 24.0 Å². The quantitative estimate of drug-likeness (QED) is 0.291. The molecule has 2 atom stereocenters. The summed E-state index contributed by atoms with van der Waals surface area (Å²) in [6.45, 7) is 5.75. The lowest BCUT2D eigenvalue weighted by Crippen LogP contribution is -2.45. The highest BCUT2D eigenvalue weighted by Crippen LogP contribution is 2.34.